The van der Waals surface area contributed by atoms with Gasteiger partial charge >= 0.3 is 0 Å². The molecule has 1 fully saturated rings. The van der Waals surface area contributed by atoms with Gasteiger partial charge in [0.1, 0.15) is 0 Å². The van der Waals surface area contributed by atoms with Gasteiger partial charge in [0.05, 0.1) is 5.69 Å². The molecule has 3 nitrogen and oxygen atoms in total. The second-order valence-corrected chi connectivity index (χ2v) is 4.73. The van der Waals surface area contributed by atoms with Crippen molar-refractivity contribution >= 4 is 11.8 Å². The summed E-state index contributed by atoms with van der Waals surface area (Å²) in [5.41, 5.74) is 5.49. The van der Waals surface area contributed by atoms with Crippen LogP contribution in [0.4, 0.5) is 5.69 Å². The summed E-state index contributed by atoms with van der Waals surface area (Å²) in [5, 5.41) is 0. The van der Waals surface area contributed by atoms with E-state index >= 15 is 0 Å². The highest BCUT2D eigenvalue weighted by Gasteiger charge is 2.30. The van der Waals surface area contributed by atoms with E-state index in [2.05, 4.69) is 4.99 Å². The summed E-state index contributed by atoms with van der Waals surface area (Å²) in [6.45, 7) is 2.04. The predicted molar refractivity (Wildman–Crippen MR) is 60.8 cm³/mol. The maximum atomic E-state index is 10.5. The van der Waals surface area contributed by atoms with Gasteiger partial charge in [-0.2, -0.15) is 4.99 Å². The maximum Gasteiger partial charge on any atom is 0.240 e. The summed E-state index contributed by atoms with van der Waals surface area (Å²) in [5.74, 6) is 0.617. The van der Waals surface area contributed by atoms with Crippen molar-refractivity contribution in [2.45, 2.75) is 44.9 Å². The molecule has 0 N–H and O–H groups in total. The van der Waals surface area contributed by atoms with Gasteiger partial charge in [-0.3, -0.25) is 4.98 Å². The van der Waals surface area contributed by atoms with Crippen molar-refractivity contribution in [3.05, 3.63) is 22.5 Å². The van der Waals surface area contributed by atoms with Crippen LogP contribution in [0.25, 0.3) is 0 Å². The SMILES string of the molecule is Cc1c(C2CC2)nc2c(c1N=C=O)CCC2. The van der Waals surface area contributed by atoms with E-state index in [9.17, 15) is 4.79 Å². The smallest absolute Gasteiger partial charge is 0.240 e. The van der Waals surface area contributed by atoms with E-state index in [0.717, 1.165) is 30.5 Å². The van der Waals surface area contributed by atoms with Gasteiger partial charge < -0.3 is 0 Å². The summed E-state index contributed by atoms with van der Waals surface area (Å²) in [6, 6.07) is 0. The zero-order valence-electron chi connectivity index (χ0n) is 9.42. The zero-order valence-corrected chi connectivity index (χ0v) is 9.42. The summed E-state index contributed by atoms with van der Waals surface area (Å²) < 4.78 is 0. The highest BCUT2D eigenvalue weighted by atomic mass is 16.1. The van der Waals surface area contributed by atoms with Crippen LogP contribution in [0.3, 0.4) is 0 Å². The third kappa shape index (κ3) is 1.40. The van der Waals surface area contributed by atoms with Crippen molar-refractivity contribution < 1.29 is 4.79 Å². The Morgan fingerprint density at radius 3 is 2.88 bits per heavy atom. The van der Waals surface area contributed by atoms with Crippen molar-refractivity contribution in [2.24, 2.45) is 4.99 Å². The van der Waals surface area contributed by atoms with E-state index in [4.69, 9.17) is 4.98 Å². The number of aromatic nitrogens is 1. The molecule has 2 aliphatic carbocycles. The van der Waals surface area contributed by atoms with E-state index in [1.807, 2.05) is 6.92 Å². The van der Waals surface area contributed by atoms with Gasteiger partial charge in [-0.05, 0) is 44.6 Å². The lowest BCUT2D eigenvalue weighted by Gasteiger charge is -2.11. The first kappa shape index (κ1) is 9.73. The highest BCUT2D eigenvalue weighted by Crippen LogP contribution is 2.44. The molecule has 1 saturated carbocycles. The van der Waals surface area contributed by atoms with Crippen LogP contribution in [0.15, 0.2) is 4.99 Å². The van der Waals surface area contributed by atoms with Gasteiger partial charge in [-0.25, -0.2) is 4.79 Å². The van der Waals surface area contributed by atoms with Gasteiger partial charge in [0.15, 0.2) is 0 Å². The Kier molecular flexibility index (Phi) is 2.15. The Labute approximate surface area is 94.6 Å². The Morgan fingerprint density at radius 2 is 2.19 bits per heavy atom. The van der Waals surface area contributed by atoms with Crippen molar-refractivity contribution in [1.29, 1.82) is 0 Å². The molecule has 1 heterocycles. The van der Waals surface area contributed by atoms with Crippen LogP contribution in [0.1, 0.15) is 47.7 Å². The molecule has 82 valence electrons. The van der Waals surface area contributed by atoms with Crippen molar-refractivity contribution in [2.75, 3.05) is 0 Å². The third-order valence-electron chi connectivity index (χ3n) is 3.59. The number of pyridine rings is 1. The molecule has 16 heavy (non-hydrogen) atoms. The number of aryl methyl sites for hydroxylation is 1. The van der Waals surface area contributed by atoms with E-state index < -0.39 is 0 Å². The molecule has 0 saturated heterocycles. The molecule has 0 radical (unpaired) electrons. The first-order valence-electron chi connectivity index (χ1n) is 5.91. The molecule has 0 unspecified atom stereocenters. The fourth-order valence-corrected chi connectivity index (χ4v) is 2.63. The molecule has 2 aliphatic rings. The molecule has 3 heteroatoms. The number of nitrogens with zero attached hydrogens (tertiary/aromatic N) is 2. The molecule has 0 atom stereocenters. The summed E-state index contributed by atoms with van der Waals surface area (Å²) in [4.78, 5) is 19.2. The maximum absolute atomic E-state index is 10.5. The number of carbonyl (C=O) groups excluding carboxylic acids is 1. The molecular weight excluding hydrogens is 200 g/mol. The number of hydrogen-bond acceptors (Lipinski definition) is 3. The van der Waals surface area contributed by atoms with Crippen LogP contribution in [-0.2, 0) is 17.6 Å². The standard InChI is InChI=1S/C13H14N2O/c1-8-12(9-5-6-9)15-11-4-2-3-10(11)13(8)14-7-16/h9H,2-6H2,1H3. The topological polar surface area (TPSA) is 42.3 Å². The minimum atomic E-state index is 0.617. The van der Waals surface area contributed by atoms with Crippen molar-refractivity contribution in [3.8, 4) is 0 Å². The van der Waals surface area contributed by atoms with E-state index in [1.54, 1.807) is 6.08 Å². The quantitative estimate of drug-likeness (QED) is 0.561. The Balaban J connectivity index is 2.23. The average Bonchev–Trinajstić information content (AvgIpc) is 3.01. The molecule has 1 aromatic rings. The number of rotatable bonds is 2. The molecule has 0 amide bonds. The average molecular weight is 214 g/mol. The Morgan fingerprint density at radius 1 is 1.38 bits per heavy atom. The second kappa shape index (κ2) is 3.53. The normalized spacial score (nSPS) is 18.1. The fraction of sp³-hybridized carbons (Fsp3) is 0.538. The largest absolute Gasteiger partial charge is 0.257 e. The predicted octanol–water partition coefficient (Wildman–Crippen LogP) is 2.72. The fourth-order valence-electron chi connectivity index (χ4n) is 2.63. The summed E-state index contributed by atoms with van der Waals surface area (Å²) >= 11 is 0. The minimum absolute atomic E-state index is 0.617. The molecule has 0 aromatic carbocycles. The van der Waals surface area contributed by atoms with Crippen molar-refractivity contribution in [1.82, 2.24) is 4.98 Å². The number of fused-ring (bicyclic) bond motifs is 1. The molecule has 0 aliphatic heterocycles. The lowest BCUT2D eigenvalue weighted by atomic mass is 10.0. The van der Waals surface area contributed by atoms with Crippen LogP contribution in [-0.4, -0.2) is 11.1 Å². The first-order valence-corrected chi connectivity index (χ1v) is 5.91. The molecular formula is C13H14N2O. The third-order valence-corrected chi connectivity index (χ3v) is 3.59. The van der Waals surface area contributed by atoms with Crippen molar-refractivity contribution in [3.63, 3.8) is 0 Å². The van der Waals surface area contributed by atoms with E-state index in [1.165, 1.54) is 29.8 Å². The lowest BCUT2D eigenvalue weighted by molar-refractivity contribution is 0.565. The van der Waals surface area contributed by atoms with Crippen LogP contribution in [0.5, 0.6) is 0 Å². The summed E-state index contributed by atoms with van der Waals surface area (Å²) in [7, 11) is 0. The van der Waals surface area contributed by atoms with Crippen LogP contribution >= 0.6 is 0 Å². The van der Waals surface area contributed by atoms with Crippen LogP contribution in [0, 0.1) is 6.92 Å². The monoisotopic (exact) mass is 214 g/mol. The van der Waals surface area contributed by atoms with Crippen LogP contribution < -0.4 is 0 Å². The Bertz CT molecular complexity index is 497. The van der Waals surface area contributed by atoms with E-state index in [-0.39, 0.29) is 0 Å². The van der Waals surface area contributed by atoms with Gasteiger partial charge in [-0.1, -0.05) is 0 Å². The lowest BCUT2D eigenvalue weighted by Crippen LogP contribution is -1.99. The van der Waals surface area contributed by atoms with Gasteiger partial charge in [-0.15, -0.1) is 0 Å². The van der Waals surface area contributed by atoms with E-state index in [0.29, 0.717) is 5.92 Å². The molecule has 3 rings (SSSR count). The molecule has 0 spiro atoms. The zero-order chi connectivity index (χ0) is 11.1. The number of isocyanates is 1. The Hall–Kier alpha value is -1.47. The highest BCUT2D eigenvalue weighted by molar-refractivity contribution is 5.62. The van der Waals surface area contributed by atoms with Gasteiger partial charge in [0.2, 0.25) is 6.08 Å². The molecule has 0 bridgehead atoms. The number of hydrogen-bond donors (Lipinski definition) is 0. The van der Waals surface area contributed by atoms with Crippen LogP contribution in [0.2, 0.25) is 0 Å². The minimum Gasteiger partial charge on any atom is -0.257 e. The number of aliphatic imine (C=N–C) groups is 1. The molecule has 1 aromatic heterocycles. The van der Waals surface area contributed by atoms with Gasteiger partial charge in [0, 0.05) is 22.9 Å². The van der Waals surface area contributed by atoms with Gasteiger partial charge in [0.25, 0.3) is 0 Å². The first-order chi connectivity index (χ1) is 7.81. The summed E-state index contributed by atoms with van der Waals surface area (Å²) in [6.07, 6.45) is 7.34. The second-order valence-electron chi connectivity index (χ2n) is 4.73.